The monoisotopic (exact) mass is 485 g/mol. The number of hydrogen-bond acceptors (Lipinski definition) is 5. The molecule has 7 nitrogen and oxygen atoms in total. The average molecular weight is 486 g/mol. The zero-order chi connectivity index (χ0) is 24.5. The quantitative estimate of drug-likeness (QED) is 0.562. The normalized spacial score (nSPS) is 26.4. The summed E-state index contributed by atoms with van der Waals surface area (Å²) >= 11 is 0. The highest BCUT2D eigenvalue weighted by molar-refractivity contribution is 5.77. The second-order valence-electron chi connectivity index (χ2n) is 10.6. The lowest BCUT2D eigenvalue weighted by molar-refractivity contribution is -0.143. The van der Waals surface area contributed by atoms with Gasteiger partial charge in [-0.3, -0.25) is 9.59 Å². The molecule has 3 heterocycles. The van der Waals surface area contributed by atoms with Gasteiger partial charge in [-0.25, -0.2) is 0 Å². The van der Waals surface area contributed by atoms with Crippen LogP contribution in [0.5, 0.6) is 0 Å². The van der Waals surface area contributed by atoms with Crippen molar-refractivity contribution in [2.45, 2.75) is 82.5 Å². The number of rotatable bonds is 9. The molecule has 0 spiro atoms. The molecule has 3 saturated heterocycles. The summed E-state index contributed by atoms with van der Waals surface area (Å²) in [7, 11) is 0. The number of likely N-dealkylation sites (tertiary alicyclic amines) is 2. The van der Waals surface area contributed by atoms with Crippen LogP contribution < -0.4 is 5.32 Å². The molecule has 3 aliphatic rings. The van der Waals surface area contributed by atoms with E-state index in [0.717, 1.165) is 64.8 Å². The molecule has 194 valence electrons. The molecule has 35 heavy (non-hydrogen) atoms. The van der Waals surface area contributed by atoms with Crippen LogP contribution in [-0.4, -0.2) is 84.3 Å². The second kappa shape index (κ2) is 13.4. The van der Waals surface area contributed by atoms with Crippen LogP contribution in [0.1, 0.15) is 63.4 Å². The van der Waals surface area contributed by atoms with Crippen molar-refractivity contribution in [3.8, 4) is 0 Å². The molecule has 4 rings (SSSR count). The largest absolute Gasteiger partial charge is 0.394 e. The molecular formula is C28H43N3O4. The van der Waals surface area contributed by atoms with Crippen LogP contribution in [0.15, 0.2) is 30.3 Å². The van der Waals surface area contributed by atoms with Crippen molar-refractivity contribution in [3.05, 3.63) is 35.9 Å². The van der Waals surface area contributed by atoms with Gasteiger partial charge in [-0.2, -0.15) is 0 Å². The summed E-state index contributed by atoms with van der Waals surface area (Å²) in [6, 6.07) is 10.4. The van der Waals surface area contributed by atoms with Crippen LogP contribution in [0.4, 0.5) is 0 Å². The third-order valence-electron chi connectivity index (χ3n) is 7.98. The molecule has 7 heteroatoms. The second-order valence-corrected chi connectivity index (χ2v) is 10.6. The van der Waals surface area contributed by atoms with E-state index in [1.54, 1.807) is 0 Å². The van der Waals surface area contributed by atoms with Crippen molar-refractivity contribution in [1.82, 2.24) is 15.1 Å². The van der Waals surface area contributed by atoms with Crippen molar-refractivity contribution in [2.24, 2.45) is 5.92 Å². The van der Waals surface area contributed by atoms with Gasteiger partial charge in [0, 0.05) is 26.1 Å². The summed E-state index contributed by atoms with van der Waals surface area (Å²) in [5.74, 6) is 0.801. The third kappa shape index (κ3) is 8.02. The lowest BCUT2D eigenvalue weighted by Crippen LogP contribution is -2.52. The molecule has 0 bridgehead atoms. The van der Waals surface area contributed by atoms with Gasteiger partial charge in [0.1, 0.15) is 6.10 Å². The summed E-state index contributed by atoms with van der Waals surface area (Å²) in [6.45, 7) is 4.43. The Kier molecular flexibility index (Phi) is 9.98. The van der Waals surface area contributed by atoms with Crippen LogP contribution in [0.3, 0.4) is 0 Å². The first-order chi connectivity index (χ1) is 17.1. The van der Waals surface area contributed by atoms with Gasteiger partial charge in [-0.05, 0) is 69.5 Å². The molecule has 2 amide bonds. The predicted octanol–water partition coefficient (Wildman–Crippen LogP) is 2.76. The summed E-state index contributed by atoms with van der Waals surface area (Å²) in [4.78, 5) is 29.8. The standard InChI is InChI=1S/C28H43N3O4/c32-21-26-25(29-27(33)13-16-30-14-5-2-6-15-30)10-9-24(35-26)20-28(34)31-17-11-23(12-18-31)19-22-7-3-1-4-8-22/h1,3-4,7-8,23-26,32H,2,5-6,9-21H2,(H,29,33)/t24-,25+,26-/m1/s1. The average Bonchev–Trinajstić information content (AvgIpc) is 2.90. The Bertz CT molecular complexity index is 791. The van der Waals surface area contributed by atoms with Crippen molar-refractivity contribution < 1.29 is 19.4 Å². The van der Waals surface area contributed by atoms with E-state index in [2.05, 4.69) is 34.5 Å². The molecule has 0 unspecified atom stereocenters. The molecule has 0 aliphatic carbocycles. The number of nitrogens with one attached hydrogen (secondary N) is 1. The van der Waals surface area contributed by atoms with E-state index < -0.39 is 6.10 Å². The molecule has 0 saturated carbocycles. The zero-order valence-electron chi connectivity index (χ0n) is 21.1. The maximum atomic E-state index is 12.9. The predicted molar refractivity (Wildman–Crippen MR) is 136 cm³/mol. The smallest absolute Gasteiger partial charge is 0.225 e. The van der Waals surface area contributed by atoms with Gasteiger partial charge in [0.25, 0.3) is 0 Å². The van der Waals surface area contributed by atoms with Crippen LogP contribution >= 0.6 is 0 Å². The summed E-state index contributed by atoms with van der Waals surface area (Å²) < 4.78 is 6.08. The number of amides is 2. The van der Waals surface area contributed by atoms with Gasteiger partial charge in [-0.1, -0.05) is 36.8 Å². The minimum absolute atomic E-state index is 0.0236. The molecular weight excluding hydrogens is 442 g/mol. The molecule has 2 N–H and O–H groups in total. The number of hydrogen-bond donors (Lipinski definition) is 2. The molecule has 3 fully saturated rings. The van der Waals surface area contributed by atoms with Crippen molar-refractivity contribution in [1.29, 1.82) is 0 Å². The van der Waals surface area contributed by atoms with Crippen molar-refractivity contribution in [2.75, 3.05) is 39.3 Å². The Balaban J connectivity index is 1.15. The fourth-order valence-electron chi connectivity index (χ4n) is 5.83. The number of carbonyl (C=O) groups excluding carboxylic acids is 2. The fourth-order valence-corrected chi connectivity index (χ4v) is 5.83. The number of ether oxygens (including phenoxy) is 1. The first kappa shape index (κ1) is 26.1. The Morgan fingerprint density at radius 1 is 0.971 bits per heavy atom. The number of benzene rings is 1. The zero-order valence-corrected chi connectivity index (χ0v) is 21.1. The van der Waals surface area contributed by atoms with Gasteiger partial charge in [-0.15, -0.1) is 0 Å². The molecule has 1 aromatic rings. The lowest BCUT2D eigenvalue weighted by atomic mass is 9.90. The summed E-state index contributed by atoms with van der Waals surface area (Å²) in [5.41, 5.74) is 1.37. The van der Waals surface area contributed by atoms with E-state index in [-0.39, 0.29) is 30.6 Å². The van der Waals surface area contributed by atoms with E-state index in [1.807, 2.05) is 11.0 Å². The van der Waals surface area contributed by atoms with Gasteiger partial charge >= 0.3 is 0 Å². The van der Waals surface area contributed by atoms with E-state index in [1.165, 1.54) is 24.8 Å². The summed E-state index contributed by atoms with van der Waals surface area (Å²) in [6.07, 6.45) is 8.55. The molecule has 3 atom stereocenters. The Morgan fingerprint density at radius 3 is 2.43 bits per heavy atom. The first-order valence-electron chi connectivity index (χ1n) is 13.7. The van der Waals surface area contributed by atoms with E-state index in [9.17, 15) is 14.7 Å². The number of carbonyl (C=O) groups is 2. The SMILES string of the molecule is O=C(CCN1CCCCC1)N[C@H]1CC[C@H](CC(=O)N2CCC(Cc3ccccc3)CC2)O[C@@H]1CO. The van der Waals surface area contributed by atoms with Crippen LogP contribution in [0, 0.1) is 5.92 Å². The summed E-state index contributed by atoms with van der Waals surface area (Å²) in [5, 5.41) is 13.0. The van der Waals surface area contributed by atoms with Crippen LogP contribution in [-0.2, 0) is 20.7 Å². The first-order valence-corrected chi connectivity index (χ1v) is 13.7. The number of aliphatic hydroxyl groups excluding tert-OH is 1. The Morgan fingerprint density at radius 2 is 1.71 bits per heavy atom. The Labute approximate surface area is 210 Å². The highest BCUT2D eigenvalue weighted by Crippen LogP contribution is 2.25. The molecule has 0 aromatic heterocycles. The van der Waals surface area contributed by atoms with Crippen LogP contribution in [0.2, 0.25) is 0 Å². The van der Waals surface area contributed by atoms with E-state index >= 15 is 0 Å². The van der Waals surface area contributed by atoms with E-state index in [4.69, 9.17) is 4.74 Å². The minimum Gasteiger partial charge on any atom is -0.394 e. The highest BCUT2D eigenvalue weighted by Gasteiger charge is 2.34. The van der Waals surface area contributed by atoms with Gasteiger partial charge in [0.2, 0.25) is 11.8 Å². The maximum absolute atomic E-state index is 12.9. The molecule has 3 aliphatic heterocycles. The number of piperidine rings is 2. The van der Waals surface area contributed by atoms with Crippen LogP contribution in [0.25, 0.3) is 0 Å². The minimum atomic E-state index is -0.447. The van der Waals surface area contributed by atoms with Crippen molar-refractivity contribution >= 4 is 11.8 Å². The van der Waals surface area contributed by atoms with Gasteiger partial charge < -0.3 is 25.0 Å². The highest BCUT2D eigenvalue weighted by atomic mass is 16.5. The number of nitrogens with zero attached hydrogens (tertiary/aromatic N) is 2. The van der Waals surface area contributed by atoms with E-state index in [0.29, 0.717) is 18.8 Å². The van der Waals surface area contributed by atoms with Gasteiger partial charge in [0.15, 0.2) is 0 Å². The topological polar surface area (TPSA) is 82.1 Å². The lowest BCUT2D eigenvalue weighted by Gasteiger charge is -2.38. The number of aliphatic hydroxyl groups is 1. The molecule has 0 radical (unpaired) electrons. The van der Waals surface area contributed by atoms with Crippen molar-refractivity contribution in [3.63, 3.8) is 0 Å². The van der Waals surface area contributed by atoms with Gasteiger partial charge in [0.05, 0.1) is 25.2 Å². The fraction of sp³-hybridized carbons (Fsp3) is 0.714. The Hall–Kier alpha value is -1.96. The maximum Gasteiger partial charge on any atom is 0.225 e. The molecule has 1 aromatic carbocycles. The third-order valence-corrected chi connectivity index (χ3v) is 7.98.